The average molecular weight is 213 g/mol. The van der Waals surface area contributed by atoms with Gasteiger partial charge in [-0.15, -0.1) is 0 Å². The standard InChI is InChI=1S/C8H14F3NO2/c9-8(10,11)5-12-1-6(3-13)7(2-12)4-14/h6-7,13-14H,1-5H2/t6-,7-/m0/s1. The summed E-state index contributed by atoms with van der Waals surface area (Å²) in [5.41, 5.74) is 0. The molecule has 0 saturated carbocycles. The number of nitrogens with zero attached hydrogens (tertiary/aromatic N) is 1. The van der Waals surface area contributed by atoms with Gasteiger partial charge in [-0.25, -0.2) is 0 Å². The molecule has 6 heteroatoms. The van der Waals surface area contributed by atoms with Crippen LogP contribution >= 0.6 is 0 Å². The van der Waals surface area contributed by atoms with Crippen molar-refractivity contribution in [3.05, 3.63) is 0 Å². The zero-order chi connectivity index (χ0) is 10.8. The molecule has 0 amide bonds. The highest BCUT2D eigenvalue weighted by Crippen LogP contribution is 2.26. The lowest BCUT2D eigenvalue weighted by Crippen LogP contribution is -2.33. The minimum atomic E-state index is -4.20. The SMILES string of the molecule is OC[C@@H]1CN(CC(F)(F)F)C[C@H]1CO. The topological polar surface area (TPSA) is 43.7 Å². The molecule has 0 spiro atoms. The molecule has 1 saturated heterocycles. The first kappa shape index (κ1) is 11.7. The van der Waals surface area contributed by atoms with Crippen LogP contribution in [0, 0.1) is 11.8 Å². The first-order valence-corrected chi connectivity index (χ1v) is 4.47. The van der Waals surface area contributed by atoms with Crippen LogP contribution in [0.2, 0.25) is 0 Å². The van der Waals surface area contributed by atoms with Crippen LogP contribution in [0.25, 0.3) is 0 Å². The van der Waals surface area contributed by atoms with Crippen molar-refractivity contribution < 1.29 is 23.4 Å². The summed E-state index contributed by atoms with van der Waals surface area (Å²) in [7, 11) is 0. The van der Waals surface area contributed by atoms with Gasteiger partial charge in [-0.05, 0) is 0 Å². The quantitative estimate of drug-likeness (QED) is 0.698. The van der Waals surface area contributed by atoms with Crippen molar-refractivity contribution in [2.75, 3.05) is 32.8 Å². The Morgan fingerprint density at radius 3 is 1.79 bits per heavy atom. The van der Waals surface area contributed by atoms with Crippen molar-refractivity contribution in [1.29, 1.82) is 0 Å². The van der Waals surface area contributed by atoms with Gasteiger partial charge in [0.1, 0.15) is 0 Å². The molecular weight excluding hydrogens is 199 g/mol. The number of alkyl halides is 3. The third-order valence-corrected chi connectivity index (χ3v) is 2.52. The second-order valence-electron chi connectivity index (χ2n) is 3.69. The second-order valence-corrected chi connectivity index (χ2v) is 3.69. The van der Waals surface area contributed by atoms with E-state index in [1.54, 1.807) is 0 Å². The second kappa shape index (κ2) is 4.46. The average Bonchev–Trinajstić information content (AvgIpc) is 2.43. The lowest BCUT2D eigenvalue weighted by Gasteiger charge is -2.17. The Hall–Kier alpha value is -0.330. The van der Waals surface area contributed by atoms with Gasteiger partial charge in [-0.1, -0.05) is 0 Å². The Morgan fingerprint density at radius 2 is 1.50 bits per heavy atom. The molecule has 84 valence electrons. The van der Waals surface area contributed by atoms with Crippen molar-refractivity contribution in [3.63, 3.8) is 0 Å². The summed E-state index contributed by atoms with van der Waals surface area (Å²) in [6.07, 6.45) is -4.20. The molecule has 2 N–H and O–H groups in total. The third kappa shape index (κ3) is 3.11. The molecule has 1 heterocycles. The van der Waals surface area contributed by atoms with E-state index in [1.807, 2.05) is 0 Å². The molecule has 0 radical (unpaired) electrons. The van der Waals surface area contributed by atoms with Gasteiger partial charge in [0.2, 0.25) is 0 Å². The Bertz CT molecular complexity index is 174. The van der Waals surface area contributed by atoms with Gasteiger partial charge in [0.05, 0.1) is 6.54 Å². The van der Waals surface area contributed by atoms with Gasteiger partial charge in [-0.2, -0.15) is 13.2 Å². The van der Waals surface area contributed by atoms with E-state index in [4.69, 9.17) is 10.2 Å². The van der Waals surface area contributed by atoms with Crippen molar-refractivity contribution >= 4 is 0 Å². The fourth-order valence-corrected chi connectivity index (χ4v) is 1.83. The number of aliphatic hydroxyl groups is 2. The lowest BCUT2D eigenvalue weighted by molar-refractivity contribution is -0.144. The molecule has 14 heavy (non-hydrogen) atoms. The Labute approximate surface area is 80.1 Å². The highest BCUT2D eigenvalue weighted by molar-refractivity contribution is 4.84. The molecule has 0 bridgehead atoms. The zero-order valence-electron chi connectivity index (χ0n) is 7.67. The summed E-state index contributed by atoms with van der Waals surface area (Å²) in [6, 6.07) is 0. The van der Waals surface area contributed by atoms with Crippen molar-refractivity contribution in [3.8, 4) is 0 Å². The number of aliphatic hydroxyl groups excluding tert-OH is 2. The number of halogens is 3. The predicted octanol–water partition coefficient (Wildman–Crippen LogP) is 0.0813. The van der Waals surface area contributed by atoms with E-state index < -0.39 is 12.7 Å². The molecule has 1 aliphatic heterocycles. The fraction of sp³-hybridized carbons (Fsp3) is 1.00. The Balaban J connectivity index is 2.45. The summed E-state index contributed by atoms with van der Waals surface area (Å²) in [4.78, 5) is 1.22. The van der Waals surface area contributed by atoms with Gasteiger partial charge in [0.25, 0.3) is 0 Å². The number of hydrogen-bond acceptors (Lipinski definition) is 3. The van der Waals surface area contributed by atoms with E-state index in [0.717, 1.165) is 0 Å². The normalized spacial score (nSPS) is 29.8. The molecule has 0 aliphatic carbocycles. The maximum atomic E-state index is 12.0. The van der Waals surface area contributed by atoms with Crippen molar-refractivity contribution in [2.24, 2.45) is 11.8 Å². The molecule has 0 aromatic rings. The van der Waals surface area contributed by atoms with Crippen molar-refractivity contribution in [1.82, 2.24) is 4.90 Å². The summed E-state index contributed by atoms with van der Waals surface area (Å²) >= 11 is 0. The highest BCUT2D eigenvalue weighted by atomic mass is 19.4. The van der Waals surface area contributed by atoms with E-state index in [9.17, 15) is 13.2 Å². The third-order valence-electron chi connectivity index (χ3n) is 2.52. The lowest BCUT2D eigenvalue weighted by atomic mass is 9.98. The van der Waals surface area contributed by atoms with Crippen LogP contribution in [-0.2, 0) is 0 Å². The summed E-state index contributed by atoms with van der Waals surface area (Å²) in [6.45, 7) is -0.873. The van der Waals surface area contributed by atoms with Gasteiger partial charge in [-0.3, -0.25) is 4.90 Å². The van der Waals surface area contributed by atoms with Crippen LogP contribution in [0.1, 0.15) is 0 Å². The molecular formula is C8H14F3NO2. The summed E-state index contributed by atoms with van der Waals surface area (Å²) in [5, 5.41) is 17.7. The maximum Gasteiger partial charge on any atom is 0.401 e. The van der Waals surface area contributed by atoms with E-state index in [-0.39, 0.29) is 38.1 Å². The predicted molar refractivity (Wildman–Crippen MR) is 43.6 cm³/mol. The first-order chi connectivity index (χ1) is 6.46. The van der Waals surface area contributed by atoms with Crippen LogP contribution < -0.4 is 0 Å². The van der Waals surface area contributed by atoms with Crippen molar-refractivity contribution in [2.45, 2.75) is 6.18 Å². The number of rotatable bonds is 3. The van der Waals surface area contributed by atoms with E-state index in [2.05, 4.69) is 0 Å². The van der Waals surface area contributed by atoms with Crippen LogP contribution in [0.3, 0.4) is 0 Å². The minimum absolute atomic E-state index is 0.167. The van der Waals surface area contributed by atoms with Gasteiger partial charge < -0.3 is 10.2 Å². The minimum Gasteiger partial charge on any atom is -0.396 e. The largest absolute Gasteiger partial charge is 0.401 e. The van der Waals surface area contributed by atoms with Gasteiger partial charge >= 0.3 is 6.18 Å². The summed E-state index contributed by atoms with van der Waals surface area (Å²) < 4.78 is 36.0. The van der Waals surface area contributed by atoms with Crippen LogP contribution in [0.5, 0.6) is 0 Å². The van der Waals surface area contributed by atoms with Crippen LogP contribution in [-0.4, -0.2) is 54.1 Å². The molecule has 0 aromatic heterocycles. The Morgan fingerprint density at radius 1 is 1.07 bits per heavy atom. The molecule has 0 aromatic carbocycles. The van der Waals surface area contributed by atoms with E-state index >= 15 is 0 Å². The highest BCUT2D eigenvalue weighted by Gasteiger charge is 2.38. The first-order valence-electron chi connectivity index (χ1n) is 4.47. The van der Waals surface area contributed by atoms with Crippen LogP contribution in [0.15, 0.2) is 0 Å². The maximum absolute atomic E-state index is 12.0. The number of likely N-dealkylation sites (tertiary alicyclic amines) is 1. The van der Waals surface area contributed by atoms with Gasteiger partial charge in [0, 0.05) is 38.1 Å². The molecule has 2 atom stereocenters. The Kier molecular flexibility index (Phi) is 3.74. The van der Waals surface area contributed by atoms with Gasteiger partial charge in [0.15, 0.2) is 0 Å². The monoisotopic (exact) mass is 213 g/mol. The molecule has 1 rings (SSSR count). The van der Waals surface area contributed by atoms with E-state index in [1.165, 1.54) is 4.90 Å². The molecule has 1 fully saturated rings. The molecule has 3 nitrogen and oxygen atoms in total. The summed E-state index contributed by atoms with van der Waals surface area (Å²) in [5.74, 6) is -0.468. The zero-order valence-corrected chi connectivity index (χ0v) is 7.67. The fourth-order valence-electron chi connectivity index (χ4n) is 1.83. The number of hydrogen-bond donors (Lipinski definition) is 2. The molecule has 1 aliphatic rings. The molecule has 0 unspecified atom stereocenters. The van der Waals surface area contributed by atoms with Crippen LogP contribution in [0.4, 0.5) is 13.2 Å². The van der Waals surface area contributed by atoms with E-state index in [0.29, 0.717) is 0 Å². The smallest absolute Gasteiger partial charge is 0.396 e.